The second-order valence-electron chi connectivity index (χ2n) is 6.23. The predicted molar refractivity (Wildman–Crippen MR) is 88.6 cm³/mol. The molecule has 0 spiro atoms. The Labute approximate surface area is 146 Å². The van der Waals surface area contributed by atoms with Gasteiger partial charge in [0, 0.05) is 31.7 Å². The van der Waals surface area contributed by atoms with Crippen LogP contribution in [0.5, 0.6) is 0 Å². The van der Waals surface area contributed by atoms with Crippen molar-refractivity contribution < 1.29 is 23.8 Å². The van der Waals surface area contributed by atoms with E-state index in [1.165, 1.54) is 6.07 Å². The number of rotatable bonds is 5. The molecule has 138 valence electrons. The highest BCUT2D eigenvalue weighted by Gasteiger charge is 2.36. The highest BCUT2D eigenvalue weighted by atomic mass is 19.1. The van der Waals surface area contributed by atoms with E-state index in [0.29, 0.717) is 45.0 Å². The van der Waals surface area contributed by atoms with E-state index >= 15 is 0 Å². The Balaban J connectivity index is 1.42. The largest absolute Gasteiger partial charge is 0.389 e. The number of urea groups is 1. The van der Waals surface area contributed by atoms with Crippen LogP contribution in [0, 0.1) is 5.82 Å². The Morgan fingerprint density at radius 1 is 1.32 bits per heavy atom. The summed E-state index contributed by atoms with van der Waals surface area (Å²) in [6.45, 7) is 3.06. The number of hydrogen-bond acceptors (Lipinski definition) is 5. The number of amides is 2. The Bertz CT molecular complexity index is 583. The van der Waals surface area contributed by atoms with Gasteiger partial charge in [-0.25, -0.2) is 9.18 Å². The molecular formula is C17H24FN3O4. The van der Waals surface area contributed by atoms with E-state index in [4.69, 9.17) is 9.47 Å². The maximum absolute atomic E-state index is 13.6. The highest BCUT2D eigenvalue weighted by Crippen LogP contribution is 2.15. The number of aliphatic hydroxyl groups excluding tert-OH is 1. The average molecular weight is 353 g/mol. The zero-order valence-electron chi connectivity index (χ0n) is 14.0. The highest BCUT2D eigenvalue weighted by molar-refractivity contribution is 5.74. The molecule has 3 atom stereocenters. The Kier molecular flexibility index (Phi) is 6.19. The van der Waals surface area contributed by atoms with E-state index in [0.717, 1.165) is 0 Å². The minimum Gasteiger partial charge on any atom is -0.389 e. The minimum atomic E-state index is -0.767. The van der Waals surface area contributed by atoms with Crippen LogP contribution in [0.25, 0.3) is 0 Å². The van der Waals surface area contributed by atoms with Crippen molar-refractivity contribution in [3.8, 4) is 0 Å². The SMILES string of the molecule is O=C(NC[C@H]1OC[C@@H](NCc2ccccc2F)[C@@H]1O)N1CCOCC1. The number of benzene rings is 1. The smallest absolute Gasteiger partial charge is 0.317 e. The quantitative estimate of drug-likeness (QED) is 0.699. The normalized spacial score (nSPS) is 26.6. The maximum atomic E-state index is 13.6. The number of carbonyl (C=O) groups is 1. The maximum Gasteiger partial charge on any atom is 0.317 e. The first-order valence-corrected chi connectivity index (χ1v) is 8.52. The first kappa shape index (κ1) is 18.1. The van der Waals surface area contributed by atoms with Crippen LogP contribution >= 0.6 is 0 Å². The van der Waals surface area contributed by atoms with E-state index in [1.54, 1.807) is 23.1 Å². The van der Waals surface area contributed by atoms with Crippen molar-refractivity contribution in [2.45, 2.75) is 24.8 Å². The van der Waals surface area contributed by atoms with Gasteiger partial charge in [-0.1, -0.05) is 18.2 Å². The molecule has 0 saturated carbocycles. The number of morpholine rings is 1. The van der Waals surface area contributed by atoms with Gasteiger partial charge in [-0.05, 0) is 6.07 Å². The Morgan fingerprint density at radius 3 is 2.84 bits per heavy atom. The number of hydrogen-bond donors (Lipinski definition) is 3. The van der Waals surface area contributed by atoms with Gasteiger partial charge in [0.1, 0.15) is 11.9 Å². The second kappa shape index (κ2) is 8.57. The average Bonchev–Trinajstić information content (AvgIpc) is 2.99. The van der Waals surface area contributed by atoms with Crippen molar-refractivity contribution in [1.29, 1.82) is 0 Å². The monoisotopic (exact) mass is 353 g/mol. The molecule has 3 N–H and O–H groups in total. The van der Waals surface area contributed by atoms with Crippen molar-refractivity contribution in [3.63, 3.8) is 0 Å². The standard InChI is InChI=1S/C17H24FN3O4/c18-13-4-2-1-3-12(13)9-19-14-11-25-15(16(14)22)10-20-17(23)21-5-7-24-8-6-21/h1-4,14-16,19,22H,5-11H2,(H,20,23)/t14-,15-,16+/m1/s1. The van der Waals surface area contributed by atoms with Gasteiger partial charge in [-0.15, -0.1) is 0 Å². The lowest BCUT2D eigenvalue weighted by molar-refractivity contribution is 0.0360. The number of halogens is 1. The van der Waals surface area contributed by atoms with Crippen LogP contribution in [0.2, 0.25) is 0 Å². The molecule has 7 nitrogen and oxygen atoms in total. The second-order valence-corrected chi connectivity index (χ2v) is 6.23. The lowest BCUT2D eigenvalue weighted by Gasteiger charge is -2.27. The van der Waals surface area contributed by atoms with Gasteiger partial charge >= 0.3 is 6.03 Å². The number of aliphatic hydroxyl groups is 1. The fourth-order valence-electron chi connectivity index (χ4n) is 2.99. The molecule has 0 bridgehead atoms. The van der Waals surface area contributed by atoms with Gasteiger partial charge in [-0.2, -0.15) is 0 Å². The third-order valence-electron chi connectivity index (χ3n) is 4.55. The summed E-state index contributed by atoms with van der Waals surface area (Å²) < 4.78 is 24.4. The van der Waals surface area contributed by atoms with Gasteiger partial charge < -0.3 is 30.1 Å². The van der Waals surface area contributed by atoms with Crippen LogP contribution in [0.4, 0.5) is 9.18 Å². The first-order chi connectivity index (χ1) is 12.1. The molecule has 2 aliphatic rings. The van der Waals surface area contributed by atoms with Gasteiger partial charge in [0.25, 0.3) is 0 Å². The molecule has 8 heteroatoms. The van der Waals surface area contributed by atoms with Crippen molar-refractivity contribution in [2.75, 3.05) is 39.5 Å². The van der Waals surface area contributed by atoms with Crippen LogP contribution in [-0.4, -0.2) is 73.7 Å². The minimum absolute atomic E-state index is 0.179. The zero-order chi connectivity index (χ0) is 17.6. The van der Waals surface area contributed by atoms with Crippen LogP contribution in [0.15, 0.2) is 24.3 Å². The molecule has 0 aliphatic carbocycles. The molecule has 1 aromatic carbocycles. The fraction of sp³-hybridized carbons (Fsp3) is 0.588. The summed E-state index contributed by atoms with van der Waals surface area (Å²) in [5.74, 6) is -0.280. The summed E-state index contributed by atoms with van der Waals surface area (Å²) in [4.78, 5) is 13.7. The van der Waals surface area contributed by atoms with Gasteiger partial charge in [-0.3, -0.25) is 0 Å². The van der Waals surface area contributed by atoms with Crippen LogP contribution < -0.4 is 10.6 Å². The summed E-state index contributed by atoms with van der Waals surface area (Å²) in [6.07, 6.45) is -1.25. The summed E-state index contributed by atoms with van der Waals surface area (Å²) in [5.41, 5.74) is 0.541. The van der Waals surface area contributed by atoms with Gasteiger partial charge in [0.2, 0.25) is 0 Å². The zero-order valence-corrected chi connectivity index (χ0v) is 14.0. The summed E-state index contributed by atoms with van der Waals surface area (Å²) in [5, 5.41) is 16.3. The number of carbonyl (C=O) groups excluding carboxylic acids is 1. The van der Waals surface area contributed by atoms with E-state index in [1.807, 2.05) is 0 Å². The molecule has 0 aromatic heterocycles. The van der Waals surface area contributed by atoms with E-state index in [-0.39, 0.29) is 24.4 Å². The van der Waals surface area contributed by atoms with E-state index < -0.39 is 12.2 Å². The summed E-state index contributed by atoms with van der Waals surface area (Å²) >= 11 is 0. The van der Waals surface area contributed by atoms with Crippen LogP contribution in [0.1, 0.15) is 5.56 Å². The molecule has 0 radical (unpaired) electrons. The number of nitrogens with zero attached hydrogens (tertiary/aromatic N) is 1. The summed E-state index contributed by atoms with van der Waals surface area (Å²) in [7, 11) is 0. The molecule has 25 heavy (non-hydrogen) atoms. The van der Waals surface area contributed by atoms with E-state index in [9.17, 15) is 14.3 Å². The topological polar surface area (TPSA) is 83.1 Å². The third kappa shape index (κ3) is 4.66. The number of nitrogens with one attached hydrogen (secondary N) is 2. The fourth-order valence-corrected chi connectivity index (χ4v) is 2.99. The Morgan fingerprint density at radius 2 is 2.08 bits per heavy atom. The molecule has 2 fully saturated rings. The third-order valence-corrected chi connectivity index (χ3v) is 4.55. The van der Waals surface area contributed by atoms with Crippen molar-refractivity contribution >= 4 is 6.03 Å². The van der Waals surface area contributed by atoms with Gasteiger partial charge in [0.05, 0.1) is 32.0 Å². The molecule has 2 amide bonds. The molecular weight excluding hydrogens is 329 g/mol. The van der Waals surface area contributed by atoms with E-state index in [2.05, 4.69) is 10.6 Å². The molecule has 2 saturated heterocycles. The van der Waals surface area contributed by atoms with Crippen molar-refractivity contribution in [1.82, 2.24) is 15.5 Å². The van der Waals surface area contributed by atoms with Crippen LogP contribution in [0.3, 0.4) is 0 Å². The predicted octanol–water partition coefficient (Wildman–Crippen LogP) is 0.0854. The molecule has 3 rings (SSSR count). The molecule has 2 heterocycles. The number of ether oxygens (including phenoxy) is 2. The molecule has 2 aliphatic heterocycles. The first-order valence-electron chi connectivity index (χ1n) is 8.52. The lowest BCUT2D eigenvalue weighted by atomic mass is 10.1. The van der Waals surface area contributed by atoms with Crippen molar-refractivity contribution in [3.05, 3.63) is 35.6 Å². The lowest BCUT2D eigenvalue weighted by Crippen LogP contribution is -2.50. The van der Waals surface area contributed by atoms with Gasteiger partial charge in [0.15, 0.2) is 0 Å². The summed E-state index contributed by atoms with van der Waals surface area (Å²) in [6, 6.07) is 6.03. The van der Waals surface area contributed by atoms with Crippen LogP contribution in [-0.2, 0) is 16.0 Å². The molecule has 1 aromatic rings. The van der Waals surface area contributed by atoms with Crippen molar-refractivity contribution in [2.24, 2.45) is 0 Å². The molecule has 0 unspecified atom stereocenters. The Hall–Kier alpha value is -1.74.